The molecule has 0 aromatic heterocycles. The highest BCUT2D eigenvalue weighted by Gasteiger charge is 2.08. The Kier molecular flexibility index (Phi) is 2.28. The topological polar surface area (TPSA) is 46.2 Å². The summed E-state index contributed by atoms with van der Waals surface area (Å²) in [5, 5.41) is 8.12. The van der Waals surface area contributed by atoms with Crippen molar-refractivity contribution in [3.05, 3.63) is 0 Å². The minimum absolute atomic E-state index is 0.223. The third kappa shape index (κ3) is 4.62. The maximum atomic E-state index is 8.12. The number of nitrogens with two attached hydrogens (primary N) is 1. The molecule has 0 fully saturated rings. The average Bonchev–Trinajstić information content (AvgIpc) is 1.35. The molecule has 0 aliphatic rings. The van der Waals surface area contributed by atoms with Crippen LogP contribution in [-0.2, 0) is 0 Å². The van der Waals surface area contributed by atoms with Gasteiger partial charge >= 0.3 is 0 Å². The van der Waals surface area contributed by atoms with Crippen molar-refractivity contribution in [3.63, 3.8) is 0 Å². The van der Waals surface area contributed by atoms with Gasteiger partial charge < -0.3 is 10.8 Å². The van der Waals surface area contributed by atoms with Gasteiger partial charge in [-0.3, -0.25) is 0 Å². The van der Waals surface area contributed by atoms with Gasteiger partial charge in [0.15, 0.2) is 0 Å². The molecule has 0 saturated carbocycles. The molecule has 0 saturated heterocycles. The van der Waals surface area contributed by atoms with E-state index >= 15 is 0 Å². The van der Waals surface area contributed by atoms with Gasteiger partial charge in [-0.15, -0.1) is 25.3 Å². The molecule has 0 bridgehead atoms. The SMILES string of the molecule is NC(S)(S)CO. The van der Waals surface area contributed by atoms with Crippen LogP contribution < -0.4 is 5.73 Å². The molecular weight excluding hydrogens is 118 g/mol. The first-order chi connectivity index (χ1) is 2.56. The first kappa shape index (κ1) is 6.62. The van der Waals surface area contributed by atoms with Crippen LogP contribution in [0.25, 0.3) is 0 Å². The minimum atomic E-state index is -1.01. The van der Waals surface area contributed by atoms with E-state index < -0.39 is 4.20 Å². The van der Waals surface area contributed by atoms with Crippen molar-refractivity contribution in [2.75, 3.05) is 6.61 Å². The van der Waals surface area contributed by atoms with E-state index in [0.29, 0.717) is 0 Å². The molecule has 0 aromatic carbocycles. The second-order valence-electron chi connectivity index (χ2n) is 1.04. The van der Waals surface area contributed by atoms with Gasteiger partial charge in [-0.25, -0.2) is 0 Å². The lowest BCUT2D eigenvalue weighted by Gasteiger charge is -2.09. The molecule has 4 heteroatoms. The highest BCUT2D eigenvalue weighted by Crippen LogP contribution is 2.07. The summed E-state index contributed by atoms with van der Waals surface area (Å²) in [6, 6.07) is 0. The Bertz CT molecular complexity index is 41.3. The molecular formula is C2H7NOS2. The van der Waals surface area contributed by atoms with Gasteiger partial charge in [0.05, 0.1) is 6.61 Å². The summed E-state index contributed by atoms with van der Waals surface area (Å²) in [5.74, 6) is 0. The van der Waals surface area contributed by atoms with Crippen molar-refractivity contribution >= 4 is 25.3 Å². The third-order valence-corrected chi connectivity index (χ3v) is 0.516. The second kappa shape index (κ2) is 2.07. The van der Waals surface area contributed by atoms with Gasteiger partial charge in [0.1, 0.15) is 4.20 Å². The first-order valence-corrected chi connectivity index (χ1v) is 2.30. The molecule has 0 heterocycles. The molecule has 6 heavy (non-hydrogen) atoms. The molecule has 0 atom stereocenters. The van der Waals surface area contributed by atoms with E-state index in [0.717, 1.165) is 0 Å². The Labute approximate surface area is 47.5 Å². The summed E-state index contributed by atoms with van der Waals surface area (Å²) >= 11 is 7.29. The van der Waals surface area contributed by atoms with E-state index in [2.05, 4.69) is 25.3 Å². The largest absolute Gasteiger partial charge is 0.393 e. The van der Waals surface area contributed by atoms with E-state index in [1.807, 2.05) is 0 Å². The summed E-state index contributed by atoms with van der Waals surface area (Å²) in [4.78, 5) is 0. The lowest BCUT2D eigenvalue weighted by Crippen LogP contribution is -2.29. The number of thiol groups is 2. The van der Waals surface area contributed by atoms with Crippen LogP contribution in [0.5, 0.6) is 0 Å². The summed E-state index contributed by atoms with van der Waals surface area (Å²) in [7, 11) is 0. The van der Waals surface area contributed by atoms with Crippen LogP contribution in [0.1, 0.15) is 0 Å². The maximum absolute atomic E-state index is 8.12. The zero-order valence-corrected chi connectivity index (χ0v) is 4.91. The van der Waals surface area contributed by atoms with Gasteiger partial charge in [-0.1, -0.05) is 0 Å². The molecule has 0 aliphatic carbocycles. The van der Waals surface area contributed by atoms with Gasteiger partial charge in [0, 0.05) is 0 Å². The van der Waals surface area contributed by atoms with Crippen LogP contribution >= 0.6 is 25.3 Å². The van der Waals surface area contributed by atoms with Crippen LogP contribution in [0, 0.1) is 0 Å². The Morgan fingerprint density at radius 3 is 1.83 bits per heavy atom. The van der Waals surface area contributed by atoms with Crippen molar-refractivity contribution in [1.29, 1.82) is 0 Å². The fourth-order valence-electron chi connectivity index (χ4n) is 0. The van der Waals surface area contributed by atoms with Crippen molar-refractivity contribution in [2.45, 2.75) is 4.20 Å². The van der Waals surface area contributed by atoms with E-state index in [-0.39, 0.29) is 6.61 Å². The first-order valence-electron chi connectivity index (χ1n) is 1.41. The number of hydrogen-bond acceptors (Lipinski definition) is 4. The lowest BCUT2D eigenvalue weighted by molar-refractivity contribution is 0.288. The lowest BCUT2D eigenvalue weighted by atomic mass is 10.7. The molecule has 0 amide bonds. The van der Waals surface area contributed by atoms with Gasteiger partial charge in [-0.05, 0) is 0 Å². The molecule has 38 valence electrons. The van der Waals surface area contributed by atoms with Crippen LogP contribution in [0.4, 0.5) is 0 Å². The smallest absolute Gasteiger partial charge is 0.127 e. The quantitative estimate of drug-likeness (QED) is 0.281. The summed E-state index contributed by atoms with van der Waals surface area (Å²) in [6.07, 6.45) is 0. The Hall–Kier alpha value is 0.620. The van der Waals surface area contributed by atoms with Crippen LogP contribution in [0.2, 0.25) is 0 Å². The Morgan fingerprint density at radius 2 is 1.83 bits per heavy atom. The van der Waals surface area contributed by atoms with Gasteiger partial charge in [0.25, 0.3) is 0 Å². The number of aliphatic hydroxyl groups is 1. The molecule has 0 rings (SSSR count). The standard InChI is InChI=1S/C2H7NOS2/c3-2(5,6)1-4/h4-6H,1,3H2. The predicted molar refractivity (Wildman–Crippen MR) is 32.0 cm³/mol. The molecule has 2 nitrogen and oxygen atoms in total. The fourth-order valence-corrected chi connectivity index (χ4v) is 0. The number of hydrogen-bond donors (Lipinski definition) is 4. The maximum Gasteiger partial charge on any atom is 0.127 e. The van der Waals surface area contributed by atoms with Crippen LogP contribution in [0.15, 0.2) is 0 Å². The number of rotatable bonds is 1. The molecule has 0 aliphatic heterocycles. The highest BCUT2D eigenvalue weighted by molar-refractivity contribution is 8.00. The average molecular weight is 125 g/mol. The highest BCUT2D eigenvalue weighted by atomic mass is 32.2. The van der Waals surface area contributed by atoms with Crippen LogP contribution in [0.3, 0.4) is 0 Å². The van der Waals surface area contributed by atoms with E-state index in [4.69, 9.17) is 10.8 Å². The molecule has 0 aromatic rings. The minimum Gasteiger partial charge on any atom is -0.393 e. The summed E-state index contributed by atoms with van der Waals surface area (Å²) in [6.45, 7) is -0.223. The monoisotopic (exact) mass is 125 g/mol. The Morgan fingerprint density at radius 1 is 1.67 bits per heavy atom. The Balaban J connectivity index is 3.17. The zero-order valence-electron chi connectivity index (χ0n) is 3.13. The second-order valence-corrected chi connectivity index (χ2v) is 2.99. The summed E-state index contributed by atoms with van der Waals surface area (Å²) in [5.41, 5.74) is 5.01. The number of aliphatic hydroxyl groups excluding tert-OH is 1. The normalized spacial score (nSPS) is 12.0. The van der Waals surface area contributed by atoms with Crippen molar-refractivity contribution in [2.24, 2.45) is 5.73 Å². The molecule has 0 unspecified atom stereocenters. The molecule has 0 spiro atoms. The zero-order chi connectivity index (χ0) is 5.21. The molecule has 3 N–H and O–H groups in total. The van der Waals surface area contributed by atoms with E-state index in [1.165, 1.54) is 0 Å². The molecule has 0 radical (unpaired) electrons. The van der Waals surface area contributed by atoms with Crippen molar-refractivity contribution in [1.82, 2.24) is 0 Å². The summed E-state index contributed by atoms with van der Waals surface area (Å²) < 4.78 is -1.01. The van der Waals surface area contributed by atoms with Gasteiger partial charge in [-0.2, -0.15) is 0 Å². The van der Waals surface area contributed by atoms with E-state index in [1.54, 1.807) is 0 Å². The van der Waals surface area contributed by atoms with Crippen LogP contribution in [-0.4, -0.2) is 15.9 Å². The predicted octanol–water partition coefficient (Wildman–Crippen LogP) is -0.549. The van der Waals surface area contributed by atoms with Crippen molar-refractivity contribution < 1.29 is 5.11 Å². The third-order valence-electron chi connectivity index (χ3n) is 0.233. The van der Waals surface area contributed by atoms with Crippen molar-refractivity contribution in [3.8, 4) is 0 Å². The van der Waals surface area contributed by atoms with E-state index in [9.17, 15) is 0 Å². The fraction of sp³-hybridized carbons (Fsp3) is 1.00. The van der Waals surface area contributed by atoms with Gasteiger partial charge in [0.2, 0.25) is 0 Å².